The van der Waals surface area contributed by atoms with E-state index in [0.717, 1.165) is 19.6 Å². The van der Waals surface area contributed by atoms with Crippen LogP contribution in [0.3, 0.4) is 0 Å². The van der Waals surface area contributed by atoms with Crippen molar-refractivity contribution < 1.29 is 4.79 Å². The number of nitrogens with zero attached hydrogens (tertiary/aromatic N) is 1. The third kappa shape index (κ3) is 6.39. The summed E-state index contributed by atoms with van der Waals surface area (Å²) in [7, 11) is 0. The average molecular weight is 269 g/mol. The standard InChI is InChI=1S/C15H31N3O/c1-5-8-16-14-7-6-9-18(10-14)11-15(19)17-13(4)12(2)3/h12-14,16H,5-11H2,1-4H3,(H,17,19). The number of carbonyl (C=O) groups excluding carboxylic acids is 1. The Labute approximate surface area is 118 Å². The van der Waals surface area contributed by atoms with Crippen molar-refractivity contribution >= 4 is 5.91 Å². The van der Waals surface area contributed by atoms with Gasteiger partial charge in [0.15, 0.2) is 0 Å². The summed E-state index contributed by atoms with van der Waals surface area (Å²) in [6.45, 7) is 12.2. The summed E-state index contributed by atoms with van der Waals surface area (Å²) in [5, 5.41) is 6.64. The monoisotopic (exact) mass is 269 g/mol. The van der Waals surface area contributed by atoms with Gasteiger partial charge in [-0.15, -0.1) is 0 Å². The molecule has 4 heteroatoms. The molecule has 0 spiro atoms. The van der Waals surface area contributed by atoms with Gasteiger partial charge in [0, 0.05) is 18.6 Å². The number of likely N-dealkylation sites (tertiary alicyclic amines) is 1. The van der Waals surface area contributed by atoms with Crippen LogP contribution in [0.4, 0.5) is 0 Å². The van der Waals surface area contributed by atoms with Crippen molar-refractivity contribution in [2.75, 3.05) is 26.2 Å². The summed E-state index contributed by atoms with van der Waals surface area (Å²) in [5.41, 5.74) is 0. The second kappa shape index (κ2) is 8.54. The van der Waals surface area contributed by atoms with E-state index in [9.17, 15) is 4.79 Å². The average Bonchev–Trinajstić information content (AvgIpc) is 2.36. The number of hydrogen-bond acceptors (Lipinski definition) is 3. The Hall–Kier alpha value is -0.610. The largest absolute Gasteiger partial charge is 0.352 e. The molecule has 1 saturated heterocycles. The molecule has 0 aromatic carbocycles. The summed E-state index contributed by atoms with van der Waals surface area (Å²) in [5.74, 6) is 0.654. The lowest BCUT2D eigenvalue weighted by atomic mass is 10.1. The van der Waals surface area contributed by atoms with Gasteiger partial charge in [0.05, 0.1) is 6.54 Å². The molecule has 1 rings (SSSR count). The third-order valence-electron chi connectivity index (χ3n) is 3.94. The first-order chi connectivity index (χ1) is 9.02. The molecule has 0 aromatic rings. The highest BCUT2D eigenvalue weighted by Gasteiger charge is 2.21. The molecular weight excluding hydrogens is 238 g/mol. The summed E-state index contributed by atoms with van der Waals surface area (Å²) >= 11 is 0. The van der Waals surface area contributed by atoms with E-state index < -0.39 is 0 Å². The van der Waals surface area contributed by atoms with E-state index in [4.69, 9.17) is 0 Å². The van der Waals surface area contributed by atoms with Crippen LogP contribution in [0.2, 0.25) is 0 Å². The minimum absolute atomic E-state index is 0.164. The van der Waals surface area contributed by atoms with Crippen LogP contribution in [0.1, 0.15) is 47.0 Å². The van der Waals surface area contributed by atoms with E-state index in [1.807, 2.05) is 0 Å². The Kier molecular flexibility index (Phi) is 7.39. The van der Waals surface area contributed by atoms with Crippen LogP contribution >= 0.6 is 0 Å². The second-order valence-corrected chi connectivity index (χ2v) is 6.13. The van der Waals surface area contributed by atoms with Gasteiger partial charge in [-0.2, -0.15) is 0 Å². The Bertz CT molecular complexity index is 268. The van der Waals surface area contributed by atoms with Crippen LogP contribution in [0.5, 0.6) is 0 Å². The van der Waals surface area contributed by atoms with Gasteiger partial charge in [0.1, 0.15) is 0 Å². The summed E-state index contributed by atoms with van der Waals surface area (Å²) < 4.78 is 0. The zero-order valence-electron chi connectivity index (χ0n) is 13.0. The lowest BCUT2D eigenvalue weighted by Gasteiger charge is -2.33. The molecule has 19 heavy (non-hydrogen) atoms. The van der Waals surface area contributed by atoms with Crippen LogP contribution in [0.25, 0.3) is 0 Å². The van der Waals surface area contributed by atoms with E-state index in [1.54, 1.807) is 0 Å². The highest BCUT2D eigenvalue weighted by atomic mass is 16.2. The number of hydrogen-bond donors (Lipinski definition) is 2. The maximum absolute atomic E-state index is 12.0. The predicted octanol–water partition coefficient (Wildman–Crippen LogP) is 1.61. The molecule has 1 aliphatic heterocycles. The van der Waals surface area contributed by atoms with Crippen molar-refractivity contribution in [3.63, 3.8) is 0 Å². The van der Waals surface area contributed by atoms with E-state index in [1.165, 1.54) is 19.3 Å². The molecular formula is C15H31N3O. The minimum Gasteiger partial charge on any atom is -0.352 e. The van der Waals surface area contributed by atoms with Crippen molar-refractivity contribution in [1.29, 1.82) is 0 Å². The zero-order chi connectivity index (χ0) is 14.3. The summed E-state index contributed by atoms with van der Waals surface area (Å²) in [4.78, 5) is 14.3. The number of carbonyl (C=O) groups is 1. The van der Waals surface area contributed by atoms with Gasteiger partial charge in [-0.1, -0.05) is 20.8 Å². The normalized spacial score (nSPS) is 22.5. The van der Waals surface area contributed by atoms with Crippen LogP contribution < -0.4 is 10.6 Å². The number of amides is 1. The van der Waals surface area contributed by atoms with Gasteiger partial charge < -0.3 is 10.6 Å². The fraction of sp³-hybridized carbons (Fsp3) is 0.933. The third-order valence-corrected chi connectivity index (χ3v) is 3.94. The first-order valence-corrected chi connectivity index (χ1v) is 7.78. The molecule has 0 bridgehead atoms. The van der Waals surface area contributed by atoms with Crippen LogP contribution in [0, 0.1) is 5.92 Å². The molecule has 0 aromatic heterocycles. The van der Waals surface area contributed by atoms with E-state index in [0.29, 0.717) is 18.5 Å². The topological polar surface area (TPSA) is 44.4 Å². The lowest BCUT2D eigenvalue weighted by Crippen LogP contribution is -2.50. The van der Waals surface area contributed by atoms with Gasteiger partial charge in [-0.3, -0.25) is 9.69 Å². The van der Waals surface area contributed by atoms with Crippen molar-refractivity contribution in [2.45, 2.75) is 59.0 Å². The second-order valence-electron chi connectivity index (χ2n) is 6.13. The quantitative estimate of drug-likeness (QED) is 0.738. The smallest absolute Gasteiger partial charge is 0.234 e. The van der Waals surface area contributed by atoms with Gasteiger partial charge in [-0.25, -0.2) is 0 Å². The van der Waals surface area contributed by atoms with Gasteiger partial charge in [0.25, 0.3) is 0 Å². The molecule has 1 fully saturated rings. The van der Waals surface area contributed by atoms with Crippen LogP contribution in [0.15, 0.2) is 0 Å². The summed E-state index contributed by atoms with van der Waals surface area (Å²) in [6.07, 6.45) is 3.60. The van der Waals surface area contributed by atoms with Crippen LogP contribution in [-0.4, -0.2) is 49.1 Å². The number of rotatable bonds is 7. The number of piperidine rings is 1. The Balaban J connectivity index is 2.29. The molecule has 0 saturated carbocycles. The molecule has 112 valence electrons. The van der Waals surface area contributed by atoms with E-state index in [2.05, 4.69) is 43.2 Å². The highest BCUT2D eigenvalue weighted by Crippen LogP contribution is 2.10. The molecule has 2 atom stereocenters. The van der Waals surface area contributed by atoms with Gasteiger partial charge in [-0.05, 0) is 45.2 Å². The van der Waals surface area contributed by atoms with Crippen molar-refractivity contribution in [1.82, 2.24) is 15.5 Å². The first kappa shape index (κ1) is 16.4. The fourth-order valence-corrected chi connectivity index (χ4v) is 2.38. The minimum atomic E-state index is 0.164. The summed E-state index contributed by atoms with van der Waals surface area (Å²) in [6, 6.07) is 0.815. The molecule has 4 nitrogen and oxygen atoms in total. The Morgan fingerprint density at radius 2 is 2.11 bits per heavy atom. The highest BCUT2D eigenvalue weighted by molar-refractivity contribution is 5.78. The van der Waals surface area contributed by atoms with Gasteiger partial charge in [0.2, 0.25) is 5.91 Å². The maximum atomic E-state index is 12.0. The SMILES string of the molecule is CCCNC1CCCN(CC(=O)NC(C)C(C)C)C1. The van der Waals surface area contributed by atoms with Crippen molar-refractivity contribution in [3.8, 4) is 0 Å². The first-order valence-electron chi connectivity index (χ1n) is 7.78. The predicted molar refractivity (Wildman–Crippen MR) is 80.2 cm³/mol. The van der Waals surface area contributed by atoms with Crippen molar-refractivity contribution in [3.05, 3.63) is 0 Å². The molecule has 2 N–H and O–H groups in total. The Morgan fingerprint density at radius 1 is 1.37 bits per heavy atom. The fourth-order valence-electron chi connectivity index (χ4n) is 2.38. The van der Waals surface area contributed by atoms with E-state index in [-0.39, 0.29) is 11.9 Å². The van der Waals surface area contributed by atoms with E-state index >= 15 is 0 Å². The lowest BCUT2D eigenvalue weighted by molar-refractivity contribution is -0.123. The Morgan fingerprint density at radius 3 is 2.74 bits per heavy atom. The van der Waals surface area contributed by atoms with Gasteiger partial charge >= 0.3 is 0 Å². The van der Waals surface area contributed by atoms with Crippen LogP contribution in [-0.2, 0) is 4.79 Å². The molecule has 1 amide bonds. The van der Waals surface area contributed by atoms with Crippen molar-refractivity contribution in [2.24, 2.45) is 5.92 Å². The molecule has 2 unspecified atom stereocenters. The molecule has 0 radical (unpaired) electrons. The maximum Gasteiger partial charge on any atom is 0.234 e. The zero-order valence-corrected chi connectivity index (χ0v) is 13.0. The number of nitrogens with one attached hydrogen (secondary N) is 2. The molecule has 1 aliphatic rings. The molecule has 0 aliphatic carbocycles. The molecule has 1 heterocycles.